The lowest BCUT2D eigenvalue weighted by atomic mass is 10.1. The Labute approximate surface area is 150 Å². The summed E-state index contributed by atoms with van der Waals surface area (Å²) in [4.78, 5) is 12.4. The molecule has 0 saturated carbocycles. The molecule has 4 nitrogen and oxygen atoms in total. The van der Waals surface area contributed by atoms with E-state index in [2.05, 4.69) is 12.2 Å². The Morgan fingerprint density at radius 3 is 2.32 bits per heavy atom. The maximum absolute atomic E-state index is 12.4. The first-order valence-electron chi connectivity index (χ1n) is 8.68. The van der Waals surface area contributed by atoms with E-state index in [4.69, 9.17) is 9.47 Å². The molecule has 0 aliphatic rings. The average molecular weight is 341 g/mol. The lowest BCUT2D eigenvalue weighted by Crippen LogP contribution is -2.38. The van der Waals surface area contributed by atoms with E-state index in [9.17, 15) is 4.79 Å². The lowest BCUT2D eigenvalue weighted by Gasteiger charge is -2.18. The summed E-state index contributed by atoms with van der Waals surface area (Å²) in [6.07, 6.45) is 0.926. The van der Waals surface area contributed by atoms with E-state index >= 15 is 0 Å². The fraction of sp³-hybridized carbons (Fsp3) is 0.381. The normalized spacial score (nSPS) is 11.7. The summed E-state index contributed by atoms with van der Waals surface area (Å²) in [5, 5.41) is 2.96. The van der Waals surface area contributed by atoms with Crippen molar-refractivity contribution in [3.8, 4) is 11.5 Å². The number of ether oxygens (including phenoxy) is 2. The topological polar surface area (TPSA) is 47.6 Å². The van der Waals surface area contributed by atoms with Gasteiger partial charge in [0.15, 0.2) is 6.10 Å². The van der Waals surface area contributed by atoms with E-state index in [0.717, 1.165) is 29.0 Å². The number of carbonyl (C=O) groups excluding carboxylic acids is 1. The second kappa shape index (κ2) is 9.11. The van der Waals surface area contributed by atoms with Gasteiger partial charge in [0.05, 0.1) is 7.11 Å². The average Bonchev–Trinajstić information content (AvgIpc) is 2.63. The number of amides is 1. The Morgan fingerprint density at radius 2 is 1.72 bits per heavy atom. The van der Waals surface area contributed by atoms with Crippen molar-refractivity contribution >= 4 is 5.91 Å². The number of nitrogens with one attached hydrogen (secondary N) is 1. The maximum Gasteiger partial charge on any atom is 0.261 e. The quantitative estimate of drug-likeness (QED) is 0.794. The summed E-state index contributed by atoms with van der Waals surface area (Å²) in [5.41, 5.74) is 3.53. The molecule has 25 heavy (non-hydrogen) atoms. The van der Waals surface area contributed by atoms with Gasteiger partial charge in [-0.2, -0.15) is 0 Å². The predicted octanol–water partition coefficient (Wildman–Crippen LogP) is 3.83. The van der Waals surface area contributed by atoms with Crippen LogP contribution in [0.4, 0.5) is 0 Å². The largest absolute Gasteiger partial charge is 0.497 e. The van der Waals surface area contributed by atoms with Crippen molar-refractivity contribution in [2.75, 3.05) is 13.7 Å². The van der Waals surface area contributed by atoms with E-state index in [1.807, 2.05) is 56.3 Å². The van der Waals surface area contributed by atoms with Crippen molar-refractivity contribution in [3.05, 3.63) is 59.2 Å². The fourth-order valence-electron chi connectivity index (χ4n) is 2.51. The second-order valence-electron chi connectivity index (χ2n) is 6.15. The SMILES string of the molecule is CC[C@@H](Oc1ccc(C)c(C)c1)C(=O)NCCc1ccc(OC)cc1. The molecule has 4 heteroatoms. The van der Waals surface area contributed by atoms with Crippen LogP contribution in [0.1, 0.15) is 30.0 Å². The molecule has 1 atom stereocenters. The second-order valence-corrected chi connectivity index (χ2v) is 6.15. The van der Waals surface area contributed by atoms with Crippen molar-refractivity contribution in [1.82, 2.24) is 5.32 Å². The molecule has 2 aromatic rings. The first-order chi connectivity index (χ1) is 12.0. The highest BCUT2D eigenvalue weighted by atomic mass is 16.5. The van der Waals surface area contributed by atoms with Crippen LogP contribution in [0.25, 0.3) is 0 Å². The molecule has 1 N–H and O–H groups in total. The summed E-state index contributed by atoms with van der Waals surface area (Å²) >= 11 is 0. The molecular formula is C21H27NO3. The third-order valence-corrected chi connectivity index (χ3v) is 4.29. The van der Waals surface area contributed by atoms with Crippen molar-refractivity contribution in [3.63, 3.8) is 0 Å². The van der Waals surface area contributed by atoms with Crippen molar-refractivity contribution in [1.29, 1.82) is 0 Å². The van der Waals surface area contributed by atoms with Gasteiger partial charge in [0.2, 0.25) is 0 Å². The molecular weight excluding hydrogens is 314 g/mol. The molecule has 0 saturated heterocycles. The molecule has 0 aromatic heterocycles. The Balaban J connectivity index is 1.85. The zero-order valence-corrected chi connectivity index (χ0v) is 15.5. The van der Waals surface area contributed by atoms with Crippen molar-refractivity contribution < 1.29 is 14.3 Å². The first-order valence-corrected chi connectivity index (χ1v) is 8.68. The maximum atomic E-state index is 12.4. The molecule has 0 unspecified atom stereocenters. The number of benzene rings is 2. The molecule has 2 aromatic carbocycles. The van der Waals surface area contributed by atoms with Crippen molar-refractivity contribution in [2.24, 2.45) is 0 Å². The minimum Gasteiger partial charge on any atom is -0.497 e. The smallest absolute Gasteiger partial charge is 0.261 e. The van der Waals surface area contributed by atoms with Crippen LogP contribution in [0.3, 0.4) is 0 Å². The zero-order valence-electron chi connectivity index (χ0n) is 15.5. The van der Waals surface area contributed by atoms with Gasteiger partial charge in [-0.05, 0) is 67.6 Å². The van der Waals surface area contributed by atoms with Crippen LogP contribution in [0.2, 0.25) is 0 Å². The van der Waals surface area contributed by atoms with Gasteiger partial charge in [-0.15, -0.1) is 0 Å². The third kappa shape index (κ3) is 5.52. The Kier molecular flexibility index (Phi) is 6.87. The standard InChI is InChI=1S/C21H27NO3/c1-5-20(25-19-9-6-15(2)16(3)14-19)21(23)22-13-12-17-7-10-18(24-4)11-8-17/h6-11,14,20H,5,12-13H2,1-4H3,(H,22,23)/t20-/m1/s1. The van der Waals surface area contributed by atoms with E-state index in [1.165, 1.54) is 5.56 Å². The monoisotopic (exact) mass is 341 g/mol. The molecule has 134 valence electrons. The lowest BCUT2D eigenvalue weighted by molar-refractivity contribution is -0.128. The molecule has 0 aliphatic heterocycles. The van der Waals surface area contributed by atoms with Gasteiger partial charge in [-0.1, -0.05) is 25.1 Å². The molecule has 0 heterocycles. The third-order valence-electron chi connectivity index (χ3n) is 4.29. The van der Waals surface area contributed by atoms with Crippen LogP contribution < -0.4 is 14.8 Å². The molecule has 0 fully saturated rings. The minimum atomic E-state index is -0.474. The summed E-state index contributed by atoms with van der Waals surface area (Å²) in [6.45, 7) is 6.63. The summed E-state index contributed by atoms with van der Waals surface area (Å²) in [6, 6.07) is 13.8. The molecule has 0 bridgehead atoms. The summed E-state index contributed by atoms with van der Waals surface area (Å²) < 4.78 is 11.0. The summed E-state index contributed by atoms with van der Waals surface area (Å²) in [7, 11) is 1.65. The van der Waals surface area contributed by atoms with Gasteiger partial charge in [0.25, 0.3) is 5.91 Å². The van der Waals surface area contributed by atoms with Crippen LogP contribution >= 0.6 is 0 Å². The van der Waals surface area contributed by atoms with Crippen LogP contribution in [0.5, 0.6) is 11.5 Å². The number of hydrogen-bond donors (Lipinski definition) is 1. The number of rotatable bonds is 8. The van der Waals surface area contributed by atoms with E-state index in [0.29, 0.717) is 13.0 Å². The molecule has 1 amide bonds. The highest BCUT2D eigenvalue weighted by Gasteiger charge is 2.18. The Hall–Kier alpha value is -2.49. The minimum absolute atomic E-state index is 0.0748. The van der Waals surface area contributed by atoms with Gasteiger partial charge in [-0.3, -0.25) is 4.79 Å². The number of aryl methyl sites for hydroxylation is 2. The molecule has 0 radical (unpaired) electrons. The Bertz CT molecular complexity index is 695. The van der Waals surface area contributed by atoms with Gasteiger partial charge >= 0.3 is 0 Å². The number of methoxy groups -OCH3 is 1. The van der Waals surface area contributed by atoms with E-state index < -0.39 is 6.10 Å². The zero-order chi connectivity index (χ0) is 18.2. The van der Waals surface area contributed by atoms with E-state index in [-0.39, 0.29) is 5.91 Å². The van der Waals surface area contributed by atoms with Gasteiger partial charge < -0.3 is 14.8 Å². The summed E-state index contributed by atoms with van der Waals surface area (Å²) in [5.74, 6) is 1.50. The fourth-order valence-corrected chi connectivity index (χ4v) is 2.51. The molecule has 0 aliphatic carbocycles. The van der Waals surface area contributed by atoms with E-state index in [1.54, 1.807) is 7.11 Å². The highest BCUT2D eigenvalue weighted by molar-refractivity contribution is 5.81. The van der Waals surface area contributed by atoms with Gasteiger partial charge in [0, 0.05) is 6.54 Å². The van der Waals surface area contributed by atoms with Crippen LogP contribution in [0, 0.1) is 13.8 Å². The number of hydrogen-bond acceptors (Lipinski definition) is 3. The molecule has 2 rings (SSSR count). The Morgan fingerprint density at radius 1 is 1.04 bits per heavy atom. The van der Waals surface area contributed by atoms with Crippen LogP contribution in [-0.4, -0.2) is 25.7 Å². The first kappa shape index (κ1) is 18.8. The van der Waals surface area contributed by atoms with Crippen molar-refractivity contribution in [2.45, 2.75) is 39.7 Å². The number of carbonyl (C=O) groups is 1. The van der Waals surface area contributed by atoms with Gasteiger partial charge in [-0.25, -0.2) is 0 Å². The molecule has 0 spiro atoms. The highest BCUT2D eigenvalue weighted by Crippen LogP contribution is 2.18. The predicted molar refractivity (Wildman–Crippen MR) is 100 cm³/mol. The van der Waals surface area contributed by atoms with Gasteiger partial charge in [0.1, 0.15) is 11.5 Å². The van der Waals surface area contributed by atoms with Crippen LogP contribution in [-0.2, 0) is 11.2 Å². The van der Waals surface area contributed by atoms with Crippen LogP contribution in [0.15, 0.2) is 42.5 Å².